The van der Waals surface area contributed by atoms with Crippen molar-refractivity contribution in [3.63, 3.8) is 0 Å². The summed E-state index contributed by atoms with van der Waals surface area (Å²) in [7, 11) is -3.52. The highest BCUT2D eigenvalue weighted by molar-refractivity contribution is 7.89. The third-order valence-electron chi connectivity index (χ3n) is 4.49. The second-order valence-corrected chi connectivity index (χ2v) is 7.98. The standard InChI is InChI=1S/C18H17N3O4S/c22-18(14-6-7-16-17(12-14)25-13-19-16)20-8-10-21(11-9-20)26(23,24)15-4-2-1-3-5-15/h1-7,12-13H,8-11H2. The van der Waals surface area contributed by atoms with E-state index in [0.29, 0.717) is 29.8 Å². The molecule has 0 N–H and O–H groups in total. The molecule has 0 unspecified atom stereocenters. The first-order valence-electron chi connectivity index (χ1n) is 8.23. The molecule has 1 amide bonds. The normalized spacial score (nSPS) is 16.1. The number of amides is 1. The van der Waals surface area contributed by atoms with E-state index in [0.717, 1.165) is 0 Å². The largest absolute Gasteiger partial charge is 0.443 e. The number of piperazine rings is 1. The van der Waals surface area contributed by atoms with Crippen LogP contribution < -0.4 is 0 Å². The summed E-state index contributed by atoms with van der Waals surface area (Å²) in [6.45, 7) is 1.24. The third kappa shape index (κ3) is 2.97. The molecule has 3 aromatic rings. The van der Waals surface area contributed by atoms with Gasteiger partial charge in [0.15, 0.2) is 12.0 Å². The smallest absolute Gasteiger partial charge is 0.254 e. The van der Waals surface area contributed by atoms with Crippen molar-refractivity contribution in [1.29, 1.82) is 0 Å². The molecule has 0 spiro atoms. The zero-order chi connectivity index (χ0) is 18.1. The number of hydrogen-bond donors (Lipinski definition) is 0. The Bertz CT molecular complexity index is 1040. The van der Waals surface area contributed by atoms with Gasteiger partial charge in [0.05, 0.1) is 4.90 Å². The van der Waals surface area contributed by atoms with Crippen LogP contribution in [-0.4, -0.2) is 54.7 Å². The topological polar surface area (TPSA) is 83.7 Å². The molecule has 2 heterocycles. The molecule has 2 aromatic carbocycles. The van der Waals surface area contributed by atoms with E-state index in [1.54, 1.807) is 53.4 Å². The van der Waals surface area contributed by atoms with E-state index in [-0.39, 0.29) is 23.9 Å². The van der Waals surface area contributed by atoms with Crippen LogP contribution in [0.1, 0.15) is 10.4 Å². The highest BCUT2D eigenvalue weighted by atomic mass is 32.2. The van der Waals surface area contributed by atoms with E-state index >= 15 is 0 Å². The maximum Gasteiger partial charge on any atom is 0.254 e. The van der Waals surface area contributed by atoms with E-state index in [4.69, 9.17) is 4.42 Å². The summed E-state index contributed by atoms with van der Waals surface area (Å²) in [5, 5.41) is 0. The summed E-state index contributed by atoms with van der Waals surface area (Å²) in [6, 6.07) is 13.5. The van der Waals surface area contributed by atoms with Gasteiger partial charge in [0.25, 0.3) is 5.91 Å². The fourth-order valence-corrected chi connectivity index (χ4v) is 4.49. The molecular formula is C18H17N3O4S. The van der Waals surface area contributed by atoms with Crippen LogP contribution in [0.25, 0.3) is 11.1 Å². The molecule has 8 heteroatoms. The minimum Gasteiger partial charge on any atom is -0.443 e. The first-order chi connectivity index (χ1) is 12.6. The van der Waals surface area contributed by atoms with Gasteiger partial charge in [0, 0.05) is 31.7 Å². The minimum absolute atomic E-state index is 0.139. The van der Waals surface area contributed by atoms with Crippen LogP contribution in [0.5, 0.6) is 0 Å². The van der Waals surface area contributed by atoms with Crippen molar-refractivity contribution in [2.24, 2.45) is 0 Å². The SMILES string of the molecule is O=C(c1ccc2ncoc2c1)N1CCN(S(=O)(=O)c2ccccc2)CC1. The van der Waals surface area contributed by atoms with Crippen LogP contribution in [0, 0.1) is 0 Å². The van der Waals surface area contributed by atoms with Crippen molar-refractivity contribution in [2.45, 2.75) is 4.90 Å². The van der Waals surface area contributed by atoms with Crippen molar-refractivity contribution in [2.75, 3.05) is 26.2 Å². The molecule has 1 fully saturated rings. The van der Waals surface area contributed by atoms with Crippen molar-refractivity contribution >= 4 is 27.0 Å². The first kappa shape index (κ1) is 16.7. The molecule has 0 radical (unpaired) electrons. The molecule has 26 heavy (non-hydrogen) atoms. The summed E-state index contributed by atoms with van der Waals surface area (Å²) in [4.78, 5) is 18.7. The molecule has 0 aliphatic carbocycles. The number of oxazole rings is 1. The predicted octanol–water partition coefficient (Wildman–Crippen LogP) is 1.97. The Morgan fingerprint density at radius 1 is 1.00 bits per heavy atom. The van der Waals surface area contributed by atoms with Crippen molar-refractivity contribution in [3.05, 3.63) is 60.5 Å². The van der Waals surface area contributed by atoms with Crippen molar-refractivity contribution < 1.29 is 17.6 Å². The molecule has 0 saturated carbocycles. The van der Waals surface area contributed by atoms with Crippen LogP contribution in [-0.2, 0) is 10.0 Å². The van der Waals surface area contributed by atoms with Gasteiger partial charge in [-0.25, -0.2) is 13.4 Å². The summed E-state index contributed by atoms with van der Waals surface area (Å²) in [5.41, 5.74) is 1.76. The van der Waals surface area contributed by atoms with Crippen LogP contribution in [0.4, 0.5) is 0 Å². The van der Waals surface area contributed by atoms with Crippen LogP contribution in [0.2, 0.25) is 0 Å². The monoisotopic (exact) mass is 371 g/mol. The quantitative estimate of drug-likeness (QED) is 0.703. The number of nitrogens with zero attached hydrogens (tertiary/aromatic N) is 3. The van der Waals surface area contributed by atoms with E-state index < -0.39 is 10.0 Å². The van der Waals surface area contributed by atoms with E-state index in [1.165, 1.54) is 10.7 Å². The number of carbonyl (C=O) groups excluding carboxylic acids is 1. The molecular weight excluding hydrogens is 354 g/mol. The van der Waals surface area contributed by atoms with E-state index in [2.05, 4.69) is 4.98 Å². The molecule has 4 rings (SSSR count). The van der Waals surface area contributed by atoms with Gasteiger partial charge in [-0.05, 0) is 30.3 Å². The Kier molecular flexibility index (Phi) is 4.21. The Balaban J connectivity index is 1.47. The molecule has 134 valence electrons. The second-order valence-electron chi connectivity index (χ2n) is 6.04. The van der Waals surface area contributed by atoms with Gasteiger partial charge in [0.1, 0.15) is 5.52 Å². The van der Waals surface area contributed by atoms with Gasteiger partial charge in [-0.2, -0.15) is 4.31 Å². The molecule has 1 aromatic heterocycles. The fraction of sp³-hybridized carbons (Fsp3) is 0.222. The number of sulfonamides is 1. The summed E-state index contributed by atoms with van der Waals surface area (Å²) in [6.07, 6.45) is 1.34. The molecule has 0 bridgehead atoms. The van der Waals surface area contributed by atoms with Gasteiger partial charge in [-0.3, -0.25) is 4.79 Å². The Morgan fingerprint density at radius 3 is 2.46 bits per heavy atom. The van der Waals surface area contributed by atoms with Crippen LogP contribution in [0.15, 0.2) is 64.2 Å². The molecule has 1 aliphatic rings. The minimum atomic E-state index is -3.52. The van der Waals surface area contributed by atoms with Gasteiger partial charge in [-0.1, -0.05) is 18.2 Å². The Hall–Kier alpha value is -2.71. The third-order valence-corrected chi connectivity index (χ3v) is 6.40. The number of rotatable bonds is 3. The van der Waals surface area contributed by atoms with Gasteiger partial charge in [-0.15, -0.1) is 0 Å². The Morgan fingerprint density at radius 2 is 1.73 bits per heavy atom. The van der Waals surface area contributed by atoms with Gasteiger partial charge in [0.2, 0.25) is 10.0 Å². The lowest BCUT2D eigenvalue weighted by Crippen LogP contribution is -2.50. The first-order valence-corrected chi connectivity index (χ1v) is 9.67. The number of benzene rings is 2. The Labute approximate surface area is 150 Å². The molecule has 0 atom stereocenters. The van der Waals surface area contributed by atoms with E-state index in [9.17, 15) is 13.2 Å². The van der Waals surface area contributed by atoms with E-state index in [1.807, 2.05) is 0 Å². The molecule has 7 nitrogen and oxygen atoms in total. The van der Waals surface area contributed by atoms with Gasteiger partial charge < -0.3 is 9.32 Å². The van der Waals surface area contributed by atoms with Crippen molar-refractivity contribution in [3.8, 4) is 0 Å². The number of fused-ring (bicyclic) bond motifs is 1. The summed E-state index contributed by atoms with van der Waals surface area (Å²) >= 11 is 0. The second kappa shape index (κ2) is 6.54. The lowest BCUT2D eigenvalue weighted by Gasteiger charge is -2.34. The number of aromatic nitrogens is 1. The molecule has 1 saturated heterocycles. The average molecular weight is 371 g/mol. The molecule has 1 aliphatic heterocycles. The highest BCUT2D eigenvalue weighted by Crippen LogP contribution is 2.20. The highest BCUT2D eigenvalue weighted by Gasteiger charge is 2.30. The van der Waals surface area contributed by atoms with Crippen LogP contribution >= 0.6 is 0 Å². The zero-order valence-corrected chi connectivity index (χ0v) is 14.7. The lowest BCUT2D eigenvalue weighted by atomic mass is 10.1. The lowest BCUT2D eigenvalue weighted by molar-refractivity contribution is 0.0698. The number of carbonyl (C=O) groups is 1. The predicted molar refractivity (Wildman–Crippen MR) is 95.1 cm³/mol. The average Bonchev–Trinajstić information content (AvgIpc) is 3.16. The summed E-state index contributed by atoms with van der Waals surface area (Å²) in [5.74, 6) is -0.139. The number of hydrogen-bond acceptors (Lipinski definition) is 5. The van der Waals surface area contributed by atoms with Gasteiger partial charge >= 0.3 is 0 Å². The van der Waals surface area contributed by atoms with Crippen molar-refractivity contribution in [1.82, 2.24) is 14.2 Å². The fourth-order valence-electron chi connectivity index (χ4n) is 3.04. The zero-order valence-electron chi connectivity index (χ0n) is 13.9. The maximum atomic E-state index is 12.7. The summed E-state index contributed by atoms with van der Waals surface area (Å²) < 4.78 is 32.0. The maximum absolute atomic E-state index is 12.7. The van der Waals surface area contributed by atoms with Crippen LogP contribution in [0.3, 0.4) is 0 Å².